The molecule has 68 valence electrons. The highest BCUT2D eigenvalue weighted by molar-refractivity contribution is 4.54. The van der Waals surface area contributed by atoms with Crippen LogP contribution in [0.1, 0.15) is 6.92 Å². The summed E-state index contributed by atoms with van der Waals surface area (Å²) in [6, 6.07) is 1.75. The first kappa shape index (κ1) is 10.8. The molecule has 0 saturated carbocycles. The van der Waals surface area contributed by atoms with Crippen LogP contribution in [0.3, 0.4) is 0 Å². The molecule has 6 nitrogen and oxygen atoms in total. The first-order chi connectivity index (χ1) is 5.85. The zero-order valence-electron chi connectivity index (χ0n) is 6.99. The summed E-state index contributed by atoms with van der Waals surface area (Å²) in [5.41, 5.74) is 2.31. The molecule has 1 heterocycles. The number of hydrogen-bond donors (Lipinski definition) is 1. The number of ether oxygens (including phenoxy) is 1. The summed E-state index contributed by atoms with van der Waals surface area (Å²) in [6.07, 6.45) is 0. The number of nitroso groups, excluding NO2 is 1. The molecular weight excluding hydrogens is 160 g/mol. The van der Waals surface area contributed by atoms with Crippen LogP contribution >= 0.6 is 0 Å². The van der Waals surface area contributed by atoms with Gasteiger partial charge in [0.05, 0.1) is 24.6 Å². The van der Waals surface area contributed by atoms with E-state index < -0.39 is 0 Å². The van der Waals surface area contributed by atoms with Crippen LogP contribution in [0.5, 0.6) is 0 Å². The lowest BCUT2D eigenvalue weighted by atomic mass is 10.5. The Labute approximate surface area is 71.0 Å². The highest BCUT2D eigenvalue weighted by Crippen LogP contribution is 1.90. The van der Waals surface area contributed by atoms with E-state index in [1.807, 2.05) is 0 Å². The molecule has 0 unspecified atom stereocenters. The lowest BCUT2D eigenvalue weighted by Gasteiger charge is -2.23. The van der Waals surface area contributed by atoms with Crippen LogP contribution in [0.4, 0.5) is 0 Å². The van der Waals surface area contributed by atoms with Gasteiger partial charge < -0.3 is 4.74 Å². The van der Waals surface area contributed by atoms with Crippen molar-refractivity contribution in [2.45, 2.75) is 6.92 Å². The van der Waals surface area contributed by atoms with Crippen LogP contribution in [0.25, 0.3) is 0 Å². The van der Waals surface area contributed by atoms with Crippen LogP contribution in [0.15, 0.2) is 5.29 Å². The SMILES string of the molecule is CC#N.O=NNN1CCOCC1. The zero-order chi connectivity index (χ0) is 9.23. The minimum absolute atomic E-state index is 0.669. The van der Waals surface area contributed by atoms with E-state index in [0.717, 1.165) is 13.1 Å². The Morgan fingerprint density at radius 2 is 2.08 bits per heavy atom. The van der Waals surface area contributed by atoms with Crippen molar-refractivity contribution >= 4 is 0 Å². The van der Waals surface area contributed by atoms with Gasteiger partial charge in [0, 0.05) is 20.0 Å². The average molecular weight is 172 g/mol. The quantitative estimate of drug-likeness (QED) is 0.469. The summed E-state index contributed by atoms with van der Waals surface area (Å²) in [4.78, 5) is 9.63. The number of nitriles is 1. The Hall–Kier alpha value is -1.19. The lowest BCUT2D eigenvalue weighted by molar-refractivity contribution is 0.0122. The predicted molar refractivity (Wildman–Crippen MR) is 42.6 cm³/mol. The second-order valence-corrected chi connectivity index (χ2v) is 2.01. The van der Waals surface area contributed by atoms with E-state index in [9.17, 15) is 4.91 Å². The number of nitrogens with one attached hydrogen (secondary N) is 1. The first-order valence-electron chi connectivity index (χ1n) is 3.56. The van der Waals surface area contributed by atoms with Gasteiger partial charge >= 0.3 is 0 Å². The maximum absolute atomic E-state index is 9.63. The smallest absolute Gasteiger partial charge is 0.0658 e. The van der Waals surface area contributed by atoms with E-state index in [4.69, 9.17) is 10.00 Å². The van der Waals surface area contributed by atoms with Gasteiger partial charge in [-0.05, 0) is 0 Å². The molecule has 1 saturated heterocycles. The molecule has 6 heteroatoms. The average Bonchev–Trinajstić information content (AvgIpc) is 2.08. The number of hydrogen-bond acceptors (Lipinski definition) is 5. The molecule has 0 aromatic rings. The largest absolute Gasteiger partial charge is 0.379 e. The summed E-state index contributed by atoms with van der Waals surface area (Å²) in [7, 11) is 0. The third-order valence-corrected chi connectivity index (χ3v) is 1.19. The minimum atomic E-state index is 0.669. The van der Waals surface area contributed by atoms with Crippen molar-refractivity contribution in [3.63, 3.8) is 0 Å². The molecule has 1 N–H and O–H groups in total. The Balaban J connectivity index is 0.000000354. The third-order valence-electron chi connectivity index (χ3n) is 1.19. The second kappa shape index (κ2) is 7.91. The highest BCUT2D eigenvalue weighted by atomic mass is 16.5. The summed E-state index contributed by atoms with van der Waals surface area (Å²) in [5, 5.41) is 11.6. The van der Waals surface area contributed by atoms with Gasteiger partial charge in [0.2, 0.25) is 0 Å². The fourth-order valence-corrected chi connectivity index (χ4v) is 0.721. The summed E-state index contributed by atoms with van der Waals surface area (Å²) in [5.74, 6) is 0. The van der Waals surface area contributed by atoms with E-state index in [0.29, 0.717) is 13.2 Å². The molecule has 0 bridgehead atoms. The van der Waals surface area contributed by atoms with E-state index >= 15 is 0 Å². The van der Waals surface area contributed by atoms with E-state index in [1.54, 1.807) is 11.1 Å². The van der Waals surface area contributed by atoms with Gasteiger partial charge in [-0.3, -0.25) is 0 Å². The molecule has 1 rings (SSSR count). The maximum atomic E-state index is 9.63. The molecule has 0 atom stereocenters. The fourth-order valence-electron chi connectivity index (χ4n) is 0.721. The van der Waals surface area contributed by atoms with Crippen LogP contribution in [-0.2, 0) is 4.74 Å². The van der Waals surface area contributed by atoms with Gasteiger partial charge in [0.15, 0.2) is 0 Å². The Morgan fingerprint density at radius 1 is 1.58 bits per heavy atom. The minimum Gasteiger partial charge on any atom is -0.379 e. The standard InChI is InChI=1S/C4H9N3O2.C2H3N/c8-6-5-7-1-3-9-4-2-7;1-2-3/h1-4H2,(H,5,8);1H3. The van der Waals surface area contributed by atoms with Crippen molar-refractivity contribution in [2.24, 2.45) is 5.29 Å². The van der Waals surface area contributed by atoms with Crippen molar-refractivity contribution in [1.82, 2.24) is 10.5 Å². The topological polar surface area (TPSA) is 77.7 Å². The molecule has 0 aliphatic carbocycles. The fraction of sp³-hybridized carbons (Fsp3) is 0.833. The number of morpholine rings is 1. The van der Waals surface area contributed by atoms with Crippen molar-refractivity contribution in [1.29, 1.82) is 5.26 Å². The van der Waals surface area contributed by atoms with Gasteiger partial charge in [0.1, 0.15) is 0 Å². The molecule has 0 spiro atoms. The molecular formula is C6H12N4O2. The Bertz CT molecular complexity index is 150. The van der Waals surface area contributed by atoms with E-state index in [2.05, 4.69) is 10.8 Å². The van der Waals surface area contributed by atoms with Crippen molar-refractivity contribution < 1.29 is 4.74 Å². The van der Waals surface area contributed by atoms with Gasteiger partial charge in [0.25, 0.3) is 0 Å². The number of hydrazine groups is 1. The Kier molecular flexibility index (Phi) is 7.13. The first-order valence-corrected chi connectivity index (χ1v) is 3.56. The van der Waals surface area contributed by atoms with Crippen LogP contribution in [0.2, 0.25) is 0 Å². The number of nitrogens with zero attached hydrogens (tertiary/aromatic N) is 3. The third kappa shape index (κ3) is 5.58. The predicted octanol–water partition coefficient (Wildman–Crippen LogP) is 0.0345. The molecule has 1 fully saturated rings. The van der Waals surface area contributed by atoms with Crippen LogP contribution < -0.4 is 5.53 Å². The zero-order valence-corrected chi connectivity index (χ0v) is 6.99. The molecule has 0 aromatic carbocycles. The second-order valence-electron chi connectivity index (χ2n) is 2.01. The van der Waals surface area contributed by atoms with Gasteiger partial charge in [-0.2, -0.15) is 5.26 Å². The molecule has 1 aliphatic heterocycles. The molecule has 12 heavy (non-hydrogen) atoms. The van der Waals surface area contributed by atoms with Gasteiger partial charge in [-0.25, -0.2) is 10.5 Å². The van der Waals surface area contributed by atoms with Crippen LogP contribution in [-0.4, -0.2) is 31.3 Å². The molecule has 0 radical (unpaired) electrons. The van der Waals surface area contributed by atoms with E-state index in [1.165, 1.54) is 6.92 Å². The normalized spacial score (nSPS) is 16.7. The van der Waals surface area contributed by atoms with Crippen molar-refractivity contribution in [3.8, 4) is 6.07 Å². The van der Waals surface area contributed by atoms with E-state index in [-0.39, 0.29) is 0 Å². The van der Waals surface area contributed by atoms with Gasteiger partial charge in [-0.15, -0.1) is 4.91 Å². The lowest BCUT2D eigenvalue weighted by Crippen LogP contribution is -2.42. The Morgan fingerprint density at radius 3 is 2.50 bits per heavy atom. The summed E-state index contributed by atoms with van der Waals surface area (Å²) in [6.45, 7) is 4.22. The van der Waals surface area contributed by atoms with Crippen molar-refractivity contribution in [3.05, 3.63) is 4.91 Å². The maximum Gasteiger partial charge on any atom is 0.0658 e. The summed E-state index contributed by atoms with van der Waals surface area (Å²) < 4.78 is 5.02. The molecule has 0 amide bonds. The van der Waals surface area contributed by atoms with Crippen LogP contribution in [0, 0.1) is 16.2 Å². The van der Waals surface area contributed by atoms with Crippen molar-refractivity contribution in [2.75, 3.05) is 26.3 Å². The monoisotopic (exact) mass is 172 g/mol. The molecule has 1 aliphatic rings. The number of rotatable bonds is 2. The highest BCUT2D eigenvalue weighted by Gasteiger charge is 2.07. The summed E-state index contributed by atoms with van der Waals surface area (Å²) >= 11 is 0. The van der Waals surface area contributed by atoms with Gasteiger partial charge in [-0.1, -0.05) is 0 Å². The molecule has 0 aromatic heterocycles.